The highest BCUT2D eigenvalue weighted by Gasteiger charge is 2.13. The van der Waals surface area contributed by atoms with Crippen LogP contribution in [0.2, 0.25) is 5.15 Å². The molecular formula is C13H11BrClF2N3. The SMILES string of the molecule is CCCc1c(Cl)ncnc1Nc1cc(F)c(Br)cc1F. The predicted octanol–water partition coefficient (Wildman–Crippen LogP) is 4.87. The largest absolute Gasteiger partial charge is 0.337 e. The molecule has 7 heteroatoms. The van der Waals surface area contributed by atoms with Crippen molar-refractivity contribution in [2.24, 2.45) is 0 Å². The maximum atomic E-state index is 13.8. The molecule has 0 saturated heterocycles. The third kappa shape index (κ3) is 3.24. The summed E-state index contributed by atoms with van der Waals surface area (Å²) in [6.07, 6.45) is 2.75. The number of aromatic nitrogens is 2. The van der Waals surface area contributed by atoms with Gasteiger partial charge in [-0.2, -0.15) is 0 Å². The van der Waals surface area contributed by atoms with E-state index in [9.17, 15) is 8.78 Å². The number of hydrogen-bond acceptors (Lipinski definition) is 3. The normalized spacial score (nSPS) is 10.7. The molecule has 2 aromatic rings. The zero-order valence-corrected chi connectivity index (χ0v) is 12.9. The fourth-order valence-corrected chi connectivity index (χ4v) is 2.26. The monoisotopic (exact) mass is 361 g/mol. The third-order valence-corrected chi connectivity index (χ3v) is 3.59. The molecule has 0 radical (unpaired) electrons. The van der Waals surface area contributed by atoms with Gasteiger partial charge in [0.05, 0.1) is 10.2 Å². The van der Waals surface area contributed by atoms with Crippen LogP contribution in [0.5, 0.6) is 0 Å². The quantitative estimate of drug-likeness (QED) is 0.623. The van der Waals surface area contributed by atoms with Crippen LogP contribution in [0.3, 0.4) is 0 Å². The minimum Gasteiger partial charge on any atom is -0.337 e. The van der Waals surface area contributed by atoms with Gasteiger partial charge >= 0.3 is 0 Å². The van der Waals surface area contributed by atoms with Gasteiger partial charge in [-0.15, -0.1) is 0 Å². The number of hydrogen-bond donors (Lipinski definition) is 1. The standard InChI is InChI=1S/C13H11BrClF2N3/c1-2-3-7-12(15)18-6-19-13(7)20-11-5-9(16)8(14)4-10(11)17/h4-6H,2-3H2,1H3,(H,18,19,20). The van der Waals surface area contributed by atoms with Crippen molar-refractivity contribution in [1.29, 1.82) is 0 Å². The maximum Gasteiger partial charge on any atom is 0.148 e. The number of halogens is 4. The van der Waals surface area contributed by atoms with Crippen molar-refractivity contribution >= 4 is 39.0 Å². The minimum atomic E-state index is -0.588. The first kappa shape index (κ1) is 15.1. The molecule has 0 aliphatic rings. The molecule has 1 N–H and O–H groups in total. The van der Waals surface area contributed by atoms with E-state index < -0.39 is 11.6 Å². The summed E-state index contributed by atoms with van der Waals surface area (Å²) in [4.78, 5) is 7.93. The van der Waals surface area contributed by atoms with Crippen LogP contribution in [0.15, 0.2) is 22.9 Å². The van der Waals surface area contributed by atoms with E-state index in [1.165, 1.54) is 6.33 Å². The zero-order valence-electron chi connectivity index (χ0n) is 10.6. The van der Waals surface area contributed by atoms with Gasteiger partial charge in [0.1, 0.15) is 28.9 Å². The van der Waals surface area contributed by atoms with Crippen molar-refractivity contribution in [3.05, 3.63) is 45.3 Å². The van der Waals surface area contributed by atoms with Gasteiger partial charge in [-0.05, 0) is 28.4 Å². The van der Waals surface area contributed by atoms with Crippen LogP contribution in [0.25, 0.3) is 0 Å². The number of benzene rings is 1. The van der Waals surface area contributed by atoms with E-state index >= 15 is 0 Å². The lowest BCUT2D eigenvalue weighted by Gasteiger charge is -2.12. The Hall–Kier alpha value is -1.27. The van der Waals surface area contributed by atoms with Crippen molar-refractivity contribution < 1.29 is 8.78 Å². The lowest BCUT2D eigenvalue weighted by molar-refractivity contribution is 0.597. The zero-order chi connectivity index (χ0) is 14.7. The van der Waals surface area contributed by atoms with Gasteiger partial charge in [-0.1, -0.05) is 24.9 Å². The smallest absolute Gasteiger partial charge is 0.148 e. The van der Waals surface area contributed by atoms with Crippen molar-refractivity contribution in [1.82, 2.24) is 9.97 Å². The molecule has 3 nitrogen and oxygen atoms in total. The van der Waals surface area contributed by atoms with E-state index in [2.05, 4.69) is 31.2 Å². The second-order valence-corrected chi connectivity index (χ2v) is 5.33. The molecule has 0 unspecified atom stereocenters. The van der Waals surface area contributed by atoms with E-state index in [1.54, 1.807) is 0 Å². The Morgan fingerprint density at radius 3 is 2.70 bits per heavy atom. The number of nitrogens with zero attached hydrogens (tertiary/aromatic N) is 2. The molecule has 1 aromatic carbocycles. The lowest BCUT2D eigenvalue weighted by Crippen LogP contribution is -2.03. The fourth-order valence-electron chi connectivity index (χ4n) is 1.72. The Morgan fingerprint density at radius 1 is 1.25 bits per heavy atom. The summed E-state index contributed by atoms with van der Waals surface area (Å²) in [5.74, 6) is -0.769. The molecular weight excluding hydrogens is 352 g/mol. The molecule has 106 valence electrons. The number of anilines is 2. The first-order valence-electron chi connectivity index (χ1n) is 5.93. The van der Waals surface area contributed by atoms with Crippen LogP contribution in [-0.4, -0.2) is 9.97 Å². The molecule has 0 fully saturated rings. The van der Waals surface area contributed by atoms with Crippen molar-refractivity contribution in [3.8, 4) is 0 Å². The number of nitrogens with one attached hydrogen (secondary N) is 1. The molecule has 0 saturated carbocycles. The molecule has 0 atom stereocenters. The second-order valence-electron chi connectivity index (χ2n) is 4.11. The van der Waals surface area contributed by atoms with Crippen molar-refractivity contribution in [2.45, 2.75) is 19.8 Å². The van der Waals surface area contributed by atoms with Crippen LogP contribution in [0.4, 0.5) is 20.3 Å². The first-order valence-corrected chi connectivity index (χ1v) is 7.11. The first-order chi connectivity index (χ1) is 9.52. The summed E-state index contributed by atoms with van der Waals surface area (Å²) in [5.41, 5.74) is 0.678. The fraction of sp³-hybridized carbons (Fsp3) is 0.231. The van der Waals surface area contributed by atoms with Gasteiger partial charge in [0.2, 0.25) is 0 Å². The van der Waals surface area contributed by atoms with Crippen LogP contribution in [0, 0.1) is 11.6 Å². The molecule has 1 heterocycles. The molecule has 1 aromatic heterocycles. The maximum absolute atomic E-state index is 13.8. The highest BCUT2D eigenvalue weighted by Crippen LogP contribution is 2.28. The van der Waals surface area contributed by atoms with Crippen molar-refractivity contribution in [3.63, 3.8) is 0 Å². The van der Waals surface area contributed by atoms with E-state index in [-0.39, 0.29) is 10.2 Å². The molecule has 0 bridgehead atoms. The summed E-state index contributed by atoms with van der Waals surface area (Å²) in [5, 5.41) is 3.07. The van der Waals surface area contributed by atoms with Gasteiger partial charge in [0.15, 0.2) is 0 Å². The predicted molar refractivity (Wildman–Crippen MR) is 78.4 cm³/mol. The third-order valence-electron chi connectivity index (χ3n) is 2.66. The molecule has 0 amide bonds. The highest BCUT2D eigenvalue weighted by molar-refractivity contribution is 9.10. The van der Waals surface area contributed by atoms with E-state index in [0.717, 1.165) is 18.6 Å². The van der Waals surface area contributed by atoms with Gasteiger partial charge < -0.3 is 5.32 Å². The molecule has 0 aliphatic carbocycles. The summed E-state index contributed by atoms with van der Waals surface area (Å²) in [7, 11) is 0. The highest BCUT2D eigenvalue weighted by atomic mass is 79.9. The van der Waals surface area contributed by atoms with Gasteiger partial charge in [-0.25, -0.2) is 18.7 Å². The van der Waals surface area contributed by atoms with Gasteiger partial charge in [0, 0.05) is 11.6 Å². The van der Waals surface area contributed by atoms with Crippen LogP contribution in [0.1, 0.15) is 18.9 Å². The molecule has 0 spiro atoms. The minimum absolute atomic E-state index is 0.00202. The average Bonchev–Trinajstić information content (AvgIpc) is 2.40. The lowest BCUT2D eigenvalue weighted by atomic mass is 10.2. The summed E-state index contributed by atoms with van der Waals surface area (Å²) >= 11 is 8.93. The van der Waals surface area contributed by atoms with Crippen LogP contribution >= 0.6 is 27.5 Å². The Kier molecular flexibility index (Phi) is 4.88. The molecule has 2 rings (SSSR count). The van der Waals surface area contributed by atoms with E-state index in [4.69, 9.17) is 11.6 Å². The number of rotatable bonds is 4. The Bertz CT molecular complexity index is 637. The summed E-state index contributed by atoms with van der Waals surface area (Å²) < 4.78 is 27.3. The topological polar surface area (TPSA) is 37.8 Å². The molecule has 0 aliphatic heterocycles. The Morgan fingerprint density at radius 2 is 2.00 bits per heavy atom. The van der Waals surface area contributed by atoms with Crippen molar-refractivity contribution in [2.75, 3.05) is 5.32 Å². The van der Waals surface area contributed by atoms with Crippen LogP contribution in [-0.2, 0) is 6.42 Å². The van der Waals surface area contributed by atoms with Gasteiger partial charge in [-0.3, -0.25) is 0 Å². The summed E-state index contributed by atoms with van der Waals surface area (Å²) in [6.45, 7) is 1.98. The summed E-state index contributed by atoms with van der Waals surface area (Å²) in [6, 6.07) is 2.12. The van der Waals surface area contributed by atoms with Gasteiger partial charge in [0.25, 0.3) is 0 Å². The average molecular weight is 363 g/mol. The Labute approximate surface area is 128 Å². The Balaban J connectivity index is 2.40. The second kappa shape index (κ2) is 6.45. The van der Waals surface area contributed by atoms with E-state index in [0.29, 0.717) is 23.0 Å². The molecule has 20 heavy (non-hydrogen) atoms. The van der Waals surface area contributed by atoms with Crippen LogP contribution < -0.4 is 5.32 Å². The van der Waals surface area contributed by atoms with E-state index in [1.807, 2.05) is 6.92 Å².